The van der Waals surface area contributed by atoms with E-state index in [0.29, 0.717) is 33.5 Å². The van der Waals surface area contributed by atoms with E-state index in [9.17, 15) is 9.59 Å². The van der Waals surface area contributed by atoms with Crippen LogP contribution in [0.2, 0.25) is 5.02 Å². The minimum atomic E-state index is -0.241. The van der Waals surface area contributed by atoms with Gasteiger partial charge in [0, 0.05) is 27.2 Å². The molecule has 190 valence electrons. The molecule has 1 N–H and O–H groups in total. The molecule has 10 heteroatoms. The molecule has 0 unspecified atom stereocenters. The highest BCUT2D eigenvalue weighted by atomic mass is 35.5. The summed E-state index contributed by atoms with van der Waals surface area (Å²) < 4.78 is 11.3. The summed E-state index contributed by atoms with van der Waals surface area (Å²) in [7, 11) is 1.60. The molecule has 0 aliphatic rings. The lowest BCUT2D eigenvalue weighted by Crippen LogP contribution is -2.14. The van der Waals surface area contributed by atoms with Gasteiger partial charge in [0.2, 0.25) is 11.8 Å². The summed E-state index contributed by atoms with van der Waals surface area (Å²) in [6, 6.07) is 21.6. The zero-order chi connectivity index (χ0) is 26.6. The maximum absolute atomic E-state index is 12.4. The van der Waals surface area contributed by atoms with E-state index in [1.165, 1.54) is 6.92 Å². The first-order valence-electron chi connectivity index (χ1n) is 11.5. The number of fused-ring (bicyclic) bond motifs is 1. The van der Waals surface area contributed by atoms with Gasteiger partial charge in [0.1, 0.15) is 5.75 Å². The molecule has 0 atom stereocenters. The number of halogens is 1. The summed E-state index contributed by atoms with van der Waals surface area (Å²) in [5, 5.41) is 12.8. The number of rotatable bonds is 8. The van der Waals surface area contributed by atoms with Crippen molar-refractivity contribution in [2.45, 2.75) is 12.1 Å². The Balaban J connectivity index is 1.38. The lowest BCUT2D eigenvalue weighted by molar-refractivity contribution is -0.113. The van der Waals surface area contributed by atoms with Crippen LogP contribution in [0, 0.1) is 0 Å². The van der Waals surface area contributed by atoms with Crippen LogP contribution in [0.1, 0.15) is 17.3 Å². The van der Waals surface area contributed by atoms with Crippen LogP contribution in [0.3, 0.4) is 0 Å². The zero-order valence-electron chi connectivity index (χ0n) is 20.4. The van der Waals surface area contributed by atoms with Crippen LogP contribution in [-0.4, -0.2) is 39.7 Å². The van der Waals surface area contributed by atoms with Crippen LogP contribution in [0.4, 0.5) is 5.69 Å². The Morgan fingerprint density at radius 1 is 1.00 bits per heavy atom. The number of ether oxygens (including phenoxy) is 1. The van der Waals surface area contributed by atoms with E-state index < -0.39 is 0 Å². The van der Waals surface area contributed by atoms with E-state index in [2.05, 4.69) is 15.5 Å². The number of amides is 1. The third kappa shape index (κ3) is 5.69. The molecule has 0 fully saturated rings. The number of aromatic nitrogens is 3. The highest BCUT2D eigenvalue weighted by Gasteiger charge is 2.17. The second-order valence-corrected chi connectivity index (χ2v) is 9.65. The molecular weight excluding hydrogens is 524 g/mol. The molecule has 0 spiro atoms. The number of pyridine rings is 1. The van der Waals surface area contributed by atoms with Crippen molar-refractivity contribution in [2.24, 2.45) is 0 Å². The molecule has 3 aromatic carbocycles. The fourth-order valence-corrected chi connectivity index (χ4v) is 4.46. The number of hydrogen-bond acceptors (Lipinski definition) is 8. The zero-order valence-corrected chi connectivity index (χ0v) is 22.0. The van der Waals surface area contributed by atoms with Gasteiger partial charge >= 0.3 is 0 Å². The number of nitrogens with one attached hydrogen (secondary N) is 1. The molecule has 5 aromatic rings. The maximum Gasteiger partial charge on any atom is 0.277 e. The van der Waals surface area contributed by atoms with Crippen molar-refractivity contribution in [3.8, 4) is 28.5 Å². The Bertz CT molecular complexity index is 1640. The van der Waals surface area contributed by atoms with E-state index in [1.807, 2.05) is 36.4 Å². The summed E-state index contributed by atoms with van der Waals surface area (Å²) in [5.41, 5.74) is 4.20. The van der Waals surface area contributed by atoms with E-state index in [4.69, 9.17) is 25.7 Å². The van der Waals surface area contributed by atoms with E-state index in [0.717, 1.165) is 33.9 Å². The Hall–Kier alpha value is -4.21. The molecule has 0 aliphatic heterocycles. The van der Waals surface area contributed by atoms with Gasteiger partial charge in [0.15, 0.2) is 5.78 Å². The van der Waals surface area contributed by atoms with Gasteiger partial charge in [-0.1, -0.05) is 35.5 Å². The third-order valence-electron chi connectivity index (χ3n) is 5.69. The number of Topliss-reactive ketones (excluding diaryl/α,β-unsaturated/α-hetero) is 1. The van der Waals surface area contributed by atoms with Crippen molar-refractivity contribution in [2.75, 3.05) is 18.2 Å². The van der Waals surface area contributed by atoms with E-state index in [1.54, 1.807) is 43.5 Å². The largest absolute Gasteiger partial charge is 0.497 e. The van der Waals surface area contributed by atoms with Gasteiger partial charge in [0.05, 0.1) is 29.6 Å². The molecular formula is C28H21ClN4O4S. The first-order valence-corrected chi connectivity index (χ1v) is 12.9. The van der Waals surface area contributed by atoms with Gasteiger partial charge in [0.25, 0.3) is 5.22 Å². The molecule has 2 aromatic heterocycles. The molecule has 0 saturated heterocycles. The Kier molecular flexibility index (Phi) is 7.39. The van der Waals surface area contributed by atoms with Crippen LogP contribution >= 0.6 is 23.4 Å². The molecule has 38 heavy (non-hydrogen) atoms. The fraction of sp³-hybridized carbons (Fsp3) is 0.107. The summed E-state index contributed by atoms with van der Waals surface area (Å²) in [5.74, 6) is 0.753. The average Bonchev–Trinajstić information content (AvgIpc) is 3.40. The number of nitrogens with zero attached hydrogens (tertiary/aromatic N) is 3. The number of carbonyl (C=O) groups is 2. The van der Waals surface area contributed by atoms with Crippen molar-refractivity contribution in [3.05, 3.63) is 83.4 Å². The molecule has 0 radical (unpaired) electrons. The van der Waals surface area contributed by atoms with Gasteiger partial charge in [-0.25, -0.2) is 4.98 Å². The van der Waals surface area contributed by atoms with E-state index >= 15 is 0 Å². The first kappa shape index (κ1) is 25.4. The average molecular weight is 545 g/mol. The highest BCUT2D eigenvalue weighted by Crippen LogP contribution is 2.34. The summed E-state index contributed by atoms with van der Waals surface area (Å²) in [6.45, 7) is 1.49. The van der Waals surface area contributed by atoms with Crippen LogP contribution in [0.25, 0.3) is 33.6 Å². The number of anilines is 1. The number of methoxy groups -OCH3 is 1. The van der Waals surface area contributed by atoms with Crippen molar-refractivity contribution in [1.29, 1.82) is 0 Å². The SMILES string of the molecule is COc1ccc2nc(-c3ccc(Cl)cc3)cc(-c3nnc(SCC(=O)Nc4ccc(C(C)=O)cc4)o3)c2c1. The second kappa shape index (κ2) is 11.0. The fourth-order valence-electron chi connectivity index (χ4n) is 3.77. The highest BCUT2D eigenvalue weighted by molar-refractivity contribution is 7.99. The molecule has 0 bridgehead atoms. The minimum absolute atomic E-state index is 0.0358. The smallest absolute Gasteiger partial charge is 0.277 e. The molecule has 1 amide bonds. The summed E-state index contributed by atoms with van der Waals surface area (Å²) in [6.07, 6.45) is 0. The standard InChI is InChI=1S/C28H21ClN4O4S/c1-16(34)17-5-9-20(10-6-17)30-26(35)15-38-28-33-32-27(37-28)23-14-25(18-3-7-19(29)8-4-18)31-24-12-11-21(36-2)13-22(23)24/h3-14H,15H2,1-2H3,(H,30,35). The molecule has 2 heterocycles. The summed E-state index contributed by atoms with van der Waals surface area (Å²) in [4.78, 5) is 28.6. The number of hydrogen-bond donors (Lipinski definition) is 1. The van der Waals surface area contributed by atoms with Crippen LogP contribution in [0.5, 0.6) is 5.75 Å². The molecule has 5 rings (SSSR count). The predicted molar refractivity (Wildman–Crippen MR) is 148 cm³/mol. The van der Waals surface area contributed by atoms with Gasteiger partial charge < -0.3 is 14.5 Å². The van der Waals surface area contributed by atoms with Crippen molar-refractivity contribution >= 4 is 51.6 Å². The van der Waals surface area contributed by atoms with Crippen LogP contribution in [-0.2, 0) is 4.79 Å². The normalized spacial score (nSPS) is 10.9. The molecule has 0 aliphatic carbocycles. The Morgan fingerprint density at radius 2 is 1.76 bits per heavy atom. The van der Waals surface area contributed by atoms with Crippen LogP contribution < -0.4 is 10.1 Å². The first-order chi connectivity index (χ1) is 18.4. The van der Waals surface area contributed by atoms with E-state index in [-0.39, 0.29) is 22.7 Å². The maximum atomic E-state index is 12.4. The predicted octanol–water partition coefficient (Wildman–Crippen LogP) is 6.55. The molecule has 8 nitrogen and oxygen atoms in total. The number of thioether (sulfide) groups is 1. The molecule has 0 saturated carbocycles. The van der Waals surface area contributed by atoms with Gasteiger partial charge in [-0.3, -0.25) is 9.59 Å². The van der Waals surface area contributed by atoms with Crippen molar-refractivity contribution in [3.63, 3.8) is 0 Å². The monoisotopic (exact) mass is 544 g/mol. The van der Waals surface area contributed by atoms with Gasteiger partial charge in [-0.2, -0.15) is 0 Å². The Labute approximate surface area is 227 Å². The quantitative estimate of drug-likeness (QED) is 0.173. The second-order valence-electron chi connectivity index (χ2n) is 8.29. The van der Waals surface area contributed by atoms with Gasteiger partial charge in [-0.15, -0.1) is 10.2 Å². The number of carbonyl (C=O) groups excluding carboxylic acids is 2. The third-order valence-corrected chi connectivity index (χ3v) is 6.77. The lowest BCUT2D eigenvalue weighted by atomic mass is 10.0. The number of ketones is 1. The summed E-state index contributed by atoms with van der Waals surface area (Å²) >= 11 is 7.19. The topological polar surface area (TPSA) is 107 Å². The number of benzene rings is 3. The minimum Gasteiger partial charge on any atom is -0.497 e. The van der Waals surface area contributed by atoms with Crippen molar-refractivity contribution < 1.29 is 18.7 Å². The van der Waals surface area contributed by atoms with Crippen molar-refractivity contribution in [1.82, 2.24) is 15.2 Å². The lowest BCUT2D eigenvalue weighted by Gasteiger charge is -2.09. The Morgan fingerprint density at radius 3 is 2.47 bits per heavy atom. The van der Waals surface area contributed by atoms with Gasteiger partial charge in [-0.05, 0) is 67.6 Å². The van der Waals surface area contributed by atoms with Crippen LogP contribution in [0.15, 0.2) is 82.4 Å².